The molecule has 6 heteroatoms. The molecule has 19 heavy (non-hydrogen) atoms. The second-order valence-corrected chi connectivity index (χ2v) is 4.78. The zero-order valence-electron chi connectivity index (χ0n) is 11.2. The summed E-state index contributed by atoms with van der Waals surface area (Å²) in [5.41, 5.74) is 1.17. The van der Waals surface area contributed by atoms with Crippen molar-refractivity contribution in [2.45, 2.75) is 13.0 Å². The molecule has 2 rings (SSSR count). The molecule has 0 aliphatic carbocycles. The van der Waals surface area contributed by atoms with Gasteiger partial charge in [-0.15, -0.1) is 24.8 Å². The average molecular weight is 328 g/mol. The first-order chi connectivity index (χ1) is 8.22. The molecule has 3 nitrogen and oxygen atoms in total. The molecule has 1 aromatic carbocycles. The Balaban J connectivity index is 0.00000162. The van der Waals surface area contributed by atoms with Gasteiger partial charge < -0.3 is 10.1 Å². The maximum absolute atomic E-state index is 6.07. The monoisotopic (exact) mass is 326 g/mol. The normalized spacial score (nSPS) is 17.0. The minimum Gasteiger partial charge on any atom is -0.496 e. The van der Waals surface area contributed by atoms with E-state index in [4.69, 9.17) is 16.3 Å². The molecule has 1 heterocycles. The lowest BCUT2D eigenvalue weighted by Gasteiger charge is -2.33. The van der Waals surface area contributed by atoms with Gasteiger partial charge in [-0.1, -0.05) is 11.6 Å². The number of nitrogens with one attached hydrogen (secondary N) is 1. The van der Waals surface area contributed by atoms with Gasteiger partial charge in [0.1, 0.15) is 5.75 Å². The summed E-state index contributed by atoms with van der Waals surface area (Å²) < 4.78 is 5.41. The second kappa shape index (κ2) is 8.88. The van der Waals surface area contributed by atoms with E-state index in [0.29, 0.717) is 6.04 Å². The molecule has 1 aliphatic rings. The van der Waals surface area contributed by atoms with E-state index in [9.17, 15) is 0 Å². The maximum Gasteiger partial charge on any atom is 0.123 e. The van der Waals surface area contributed by atoms with Crippen LogP contribution in [0, 0.1) is 0 Å². The highest BCUT2D eigenvalue weighted by atomic mass is 35.5. The fourth-order valence-corrected chi connectivity index (χ4v) is 2.48. The number of hydrogen-bond donors (Lipinski definition) is 1. The van der Waals surface area contributed by atoms with Crippen LogP contribution in [-0.2, 0) is 0 Å². The molecule has 0 amide bonds. The number of rotatable bonds is 3. The van der Waals surface area contributed by atoms with Gasteiger partial charge in [-0.2, -0.15) is 0 Å². The van der Waals surface area contributed by atoms with Crippen molar-refractivity contribution in [2.75, 3.05) is 33.3 Å². The molecular weight excluding hydrogens is 307 g/mol. The Labute approximate surface area is 132 Å². The van der Waals surface area contributed by atoms with Crippen molar-refractivity contribution in [2.24, 2.45) is 0 Å². The summed E-state index contributed by atoms with van der Waals surface area (Å²) >= 11 is 6.07. The second-order valence-electron chi connectivity index (χ2n) is 4.35. The van der Waals surface area contributed by atoms with E-state index in [2.05, 4.69) is 17.1 Å². The summed E-state index contributed by atoms with van der Waals surface area (Å²) in [4.78, 5) is 2.45. The molecule has 1 fully saturated rings. The van der Waals surface area contributed by atoms with Crippen LogP contribution < -0.4 is 10.1 Å². The molecule has 0 radical (unpaired) electrons. The Morgan fingerprint density at radius 2 is 1.89 bits per heavy atom. The van der Waals surface area contributed by atoms with Gasteiger partial charge in [0, 0.05) is 42.8 Å². The van der Waals surface area contributed by atoms with Crippen LogP contribution in [0.2, 0.25) is 5.02 Å². The predicted molar refractivity (Wildman–Crippen MR) is 85.4 cm³/mol. The van der Waals surface area contributed by atoms with Gasteiger partial charge in [0.15, 0.2) is 0 Å². The number of ether oxygens (including phenoxy) is 1. The van der Waals surface area contributed by atoms with Gasteiger partial charge in [0.2, 0.25) is 0 Å². The number of benzene rings is 1. The molecule has 1 N–H and O–H groups in total. The largest absolute Gasteiger partial charge is 0.496 e. The van der Waals surface area contributed by atoms with Crippen molar-refractivity contribution < 1.29 is 4.74 Å². The number of methoxy groups -OCH3 is 1. The van der Waals surface area contributed by atoms with Crippen LogP contribution in [0.25, 0.3) is 0 Å². The van der Waals surface area contributed by atoms with Crippen molar-refractivity contribution >= 4 is 36.4 Å². The quantitative estimate of drug-likeness (QED) is 0.923. The third kappa shape index (κ3) is 4.69. The molecule has 1 aromatic rings. The number of piperazine rings is 1. The van der Waals surface area contributed by atoms with Crippen LogP contribution >= 0.6 is 36.4 Å². The molecule has 1 aliphatic heterocycles. The predicted octanol–water partition coefficient (Wildman–Crippen LogP) is 3.16. The van der Waals surface area contributed by atoms with Gasteiger partial charge in [-0.3, -0.25) is 4.90 Å². The SMILES string of the molecule is COc1ccc(Cl)cc1[C@@H](C)N1CCNCC1.Cl.Cl. The van der Waals surface area contributed by atoms with Crippen LogP contribution in [0.3, 0.4) is 0 Å². The van der Waals surface area contributed by atoms with E-state index in [1.165, 1.54) is 5.56 Å². The van der Waals surface area contributed by atoms with Gasteiger partial charge in [-0.25, -0.2) is 0 Å². The Hall–Kier alpha value is -0.190. The Morgan fingerprint density at radius 1 is 1.26 bits per heavy atom. The Bertz CT molecular complexity index is 384. The molecule has 1 atom stereocenters. The minimum atomic E-state index is 0. The van der Waals surface area contributed by atoms with Crippen LogP contribution in [0.4, 0.5) is 0 Å². The van der Waals surface area contributed by atoms with Crippen LogP contribution in [0.1, 0.15) is 18.5 Å². The fraction of sp³-hybridized carbons (Fsp3) is 0.538. The zero-order chi connectivity index (χ0) is 12.3. The van der Waals surface area contributed by atoms with E-state index < -0.39 is 0 Å². The highest BCUT2D eigenvalue weighted by Gasteiger charge is 2.20. The van der Waals surface area contributed by atoms with Crippen molar-refractivity contribution in [3.63, 3.8) is 0 Å². The molecule has 0 spiro atoms. The van der Waals surface area contributed by atoms with Crippen molar-refractivity contribution in [3.05, 3.63) is 28.8 Å². The maximum atomic E-state index is 6.07. The fourth-order valence-electron chi connectivity index (χ4n) is 2.30. The first kappa shape index (κ1) is 18.8. The summed E-state index contributed by atoms with van der Waals surface area (Å²) in [6.07, 6.45) is 0. The zero-order valence-corrected chi connectivity index (χ0v) is 13.6. The molecule has 0 unspecified atom stereocenters. The van der Waals surface area contributed by atoms with Gasteiger partial charge in [0.05, 0.1) is 7.11 Å². The Kier molecular flexibility index (Phi) is 8.79. The van der Waals surface area contributed by atoms with Crippen LogP contribution in [-0.4, -0.2) is 38.2 Å². The summed E-state index contributed by atoms with van der Waals surface area (Å²) in [6, 6.07) is 6.16. The Morgan fingerprint density at radius 3 is 2.47 bits per heavy atom. The van der Waals surface area contributed by atoms with E-state index in [1.54, 1.807) is 7.11 Å². The highest BCUT2D eigenvalue weighted by molar-refractivity contribution is 6.30. The van der Waals surface area contributed by atoms with Crippen molar-refractivity contribution in [1.29, 1.82) is 0 Å². The molecule has 1 saturated heterocycles. The summed E-state index contributed by atoms with van der Waals surface area (Å²) in [7, 11) is 1.71. The minimum absolute atomic E-state index is 0. The summed E-state index contributed by atoms with van der Waals surface area (Å²) in [6.45, 7) is 6.44. The van der Waals surface area contributed by atoms with E-state index in [0.717, 1.165) is 37.0 Å². The summed E-state index contributed by atoms with van der Waals surface area (Å²) in [5, 5.41) is 4.13. The van der Waals surface area contributed by atoms with E-state index in [1.807, 2.05) is 18.2 Å². The average Bonchev–Trinajstić information content (AvgIpc) is 2.39. The topological polar surface area (TPSA) is 24.5 Å². The van der Waals surface area contributed by atoms with Crippen molar-refractivity contribution in [3.8, 4) is 5.75 Å². The van der Waals surface area contributed by atoms with E-state index in [-0.39, 0.29) is 24.8 Å². The van der Waals surface area contributed by atoms with Gasteiger partial charge in [-0.05, 0) is 25.1 Å². The molecule has 110 valence electrons. The number of nitrogens with zero attached hydrogens (tertiary/aromatic N) is 1. The first-order valence-corrected chi connectivity index (χ1v) is 6.38. The molecule has 0 bridgehead atoms. The smallest absolute Gasteiger partial charge is 0.123 e. The summed E-state index contributed by atoms with van der Waals surface area (Å²) in [5.74, 6) is 0.917. The third-order valence-corrected chi connectivity index (χ3v) is 3.58. The lowest BCUT2D eigenvalue weighted by Crippen LogP contribution is -2.44. The van der Waals surface area contributed by atoms with Gasteiger partial charge in [0.25, 0.3) is 0 Å². The number of halogens is 3. The lowest BCUT2D eigenvalue weighted by molar-refractivity contribution is 0.182. The first-order valence-electron chi connectivity index (χ1n) is 6.00. The van der Waals surface area contributed by atoms with Gasteiger partial charge >= 0.3 is 0 Å². The van der Waals surface area contributed by atoms with Crippen LogP contribution in [0.5, 0.6) is 5.75 Å². The third-order valence-electron chi connectivity index (χ3n) is 3.34. The number of hydrogen-bond acceptors (Lipinski definition) is 3. The van der Waals surface area contributed by atoms with Crippen LogP contribution in [0.15, 0.2) is 18.2 Å². The van der Waals surface area contributed by atoms with Crippen molar-refractivity contribution in [1.82, 2.24) is 10.2 Å². The van der Waals surface area contributed by atoms with E-state index >= 15 is 0 Å². The lowest BCUT2D eigenvalue weighted by atomic mass is 10.0. The molecule has 0 aromatic heterocycles. The molecule has 0 saturated carbocycles. The molecular formula is C13H21Cl3N2O. The standard InChI is InChI=1S/C13H19ClN2O.2ClH/c1-10(16-7-5-15-6-8-16)12-9-11(14)3-4-13(12)17-2;;/h3-4,9-10,15H,5-8H2,1-2H3;2*1H/t10-;;/m1../s1. The highest BCUT2D eigenvalue weighted by Crippen LogP contribution is 2.31.